The second-order valence-electron chi connectivity index (χ2n) is 6.21. The van der Waals surface area contributed by atoms with Crippen LogP contribution in [0.25, 0.3) is 11.4 Å². The van der Waals surface area contributed by atoms with Crippen molar-refractivity contribution in [2.24, 2.45) is 0 Å². The summed E-state index contributed by atoms with van der Waals surface area (Å²) in [5.41, 5.74) is 2.16. The summed E-state index contributed by atoms with van der Waals surface area (Å²) in [6.45, 7) is 1.49. The lowest BCUT2D eigenvalue weighted by Crippen LogP contribution is -2.19. The van der Waals surface area contributed by atoms with Gasteiger partial charge in [0, 0.05) is 36.4 Å². The van der Waals surface area contributed by atoms with Gasteiger partial charge in [0.2, 0.25) is 17.6 Å². The van der Waals surface area contributed by atoms with Gasteiger partial charge in [-0.15, -0.1) is 0 Å². The van der Waals surface area contributed by atoms with E-state index >= 15 is 0 Å². The molecule has 0 bridgehead atoms. The van der Waals surface area contributed by atoms with Crippen molar-refractivity contribution in [2.75, 3.05) is 6.61 Å². The van der Waals surface area contributed by atoms with Crippen molar-refractivity contribution in [1.29, 1.82) is 0 Å². The highest BCUT2D eigenvalue weighted by molar-refractivity contribution is 7.08. The third-order valence-electron chi connectivity index (χ3n) is 3.97. The van der Waals surface area contributed by atoms with E-state index < -0.39 is 5.97 Å². The average Bonchev–Trinajstić information content (AvgIpc) is 3.41. The van der Waals surface area contributed by atoms with Crippen molar-refractivity contribution in [3.63, 3.8) is 0 Å². The molecule has 2 heterocycles. The number of Topliss-reactive ketones (excluding diaryl/α,β-unsaturated/α-hetero) is 1. The lowest BCUT2D eigenvalue weighted by atomic mass is 10.1. The first-order valence-electron chi connectivity index (χ1n) is 8.88. The van der Waals surface area contributed by atoms with Crippen LogP contribution >= 0.6 is 11.3 Å². The van der Waals surface area contributed by atoms with E-state index in [4.69, 9.17) is 9.26 Å². The largest absolute Gasteiger partial charge is 0.457 e. The Morgan fingerprint density at radius 3 is 2.66 bits per heavy atom. The number of carbonyl (C=O) groups excluding carboxylic acids is 3. The molecule has 3 aromatic rings. The minimum Gasteiger partial charge on any atom is -0.457 e. The Hall–Kier alpha value is -3.33. The van der Waals surface area contributed by atoms with Gasteiger partial charge in [-0.1, -0.05) is 29.4 Å². The number of benzene rings is 1. The molecule has 0 spiro atoms. The van der Waals surface area contributed by atoms with E-state index in [-0.39, 0.29) is 31.1 Å². The zero-order valence-corrected chi connectivity index (χ0v) is 16.5. The second-order valence-corrected chi connectivity index (χ2v) is 6.99. The Morgan fingerprint density at radius 1 is 1.17 bits per heavy atom. The number of aromatic nitrogens is 2. The van der Waals surface area contributed by atoms with Crippen molar-refractivity contribution in [3.05, 3.63) is 58.1 Å². The molecule has 2 aromatic heterocycles. The molecule has 0 aliphatic rings. The van der Waals surface area contributed by atoms with Gasteiger partial charge in [-0.3, -0.25) is 14.4 Å². The van der Waals surface area contributed by atoms with Gasteiger partial charge < -0.3 is 14.6 Å². The summed E-state index contributed by atoms with van der Waals surface area (Å²) < 4.78 is 10.2. The SMILES string of the molecule is CC(=O)NCc1ccc(C(=O)COC(=O)CCc2nc(-c3ccsc3)no2)cc1. The highest BCUT2D eigenvalue weighted by atomic mass is 32.1. The first kappa shape index (κ1) is 20.4. The van der Waals surface area contributed by atoms with Gasteiger partial charge in [0.15, 0.2) is 12.4 Å². The third kappa shape index (κ3) is 6.08. The Morgan fingerprint density at radius 2 is 1.97 bits per heavy atom. The molecule has 0 saturated carbocycles. The zero-order chi connectivity index (χ0) is 20.6. The van der Waals surface area contributed by atoms with Crippen LogP contribution in [0.2, 0.25) is 0 Å². The summed E-state index contributed by atoms with van der Waals surface area (Å²) in [5.74, 6) is -0.130. The number of amides is 1. The van der Waals surface area contributed by atoms with E-state index in [0.29, 0.717) is 23.8 Å². The standard InChI is InChI=1S/C20H19N3O5S/c1-13(24)21-10-14-2-4-15(5-3-14)17(25)11-27-19(26)7-6-18-22-20(23-28-18)16-8-9-29-12-16/h2-5,8-9,12H,6-7,10-11H2,1H3,(H,21,24). The zero-order valence-electron chi connectivity index (χ0n) is 15.7. The highest BCUT2D eigenvalue weighted by Crippen LogP contribution is 2.19. The Kier molecular flexibility index (Phi) is 6.85. The number of thiophene rings is 1. The van der Waals surface area contributed by atoms with Gasteiger partial charge in [-0.25, -0.2) is 0 Å². The topological polar surface area (TPSA) is 111 Å². The molecule has 0 radical (unpaired) electrons. The number of aryl methyl sites for hydroxylation is 1. The Bertz CT molecular complexity index is 980. The van der Waals surface area contributed by atoms with E-state index in [1.165, 1.54) is 18.3 Å². The molecule has 1 amide bonds. The minimum atomic E-state index is -0.518. The van der Waals surface area contributed by atoms with E-state index in [9.17, 15) is 14.4 Å². The number of nitrogens with zero attached hydrogens (tertiary/aromatic N) is 2. The molecule has 0 aliphatic heterocycles. The molecule has 3 rings (SSSR count). The van der Waals surface area contributed by atoms with Crippen LogP contribution in [0.5, 0.6) is 0 Å². The maximum absolute atomic E-state index is 12.1. The average molecular weight is 413 g/mol. The van der Waals surface area contributed by atoms with Crippen LogP contribution in [0, 0.1) is 0 Å². The van der Waals surface area contributed by atoms with Crippen LogP contribution in [-0.4, -0.2) is 34.4 Å². The highest BCUT2D eigenvalue weighted by Gasteiger charge is 2.13. The fourth-order valence-electron chi connectivity index (χ4n) is 2.41. The van der Waals surface area contributed by atoms with Crippen molar-refractivity contribution in [1.82, 2.24) is 15.5 Å². The first-order chi connectivity index (χ1) is 14.0. The van der Waals surface area contributed by atoms with Crippen molar-refractivity contribution in [2.45, 2.75) is 26.3 Å². The molecule has 150 valence electrons. The number of esters is 1. The number of hydrogen-bond donors (Lipinski definition) is 1. The lowest BCUT2D eigenvalue weighted by Gasteiger charge is -2.05. The quantitative estimate of drug-likeness (QED) is 0.424. The monoisotopic (exact) mass is 413 g/mol. The number of rotatable bonds is 9. The van der Waals surface area contributed by atoms with E-state index in [0.717, 1.165) is 11.1 Å². The Balaban J connectivity index is 1.42. The summed E-state index contributed by atoms with van der Waals surface area (Å²) in [6.07, 6.45) is 0.274. The van der Waals surface area contributed by atoms with Crippen molar-refractivity contribution >= 4 is 29.0 Å². The van der Waals surface area contributed by atoms with Gasteiger partial charge in [0.25, 0.3) is 0 Å². The van der Waals surface area contributed by atoms with Gasteiger partial charge in [0.05, 0.1) is 6.42 Å². The minimum absolute atomic E-state index is 0.0359. The third-order valence-corrected chi connectivity index (χ3v) is 4.66. The van der Waals surface area contributed by atoms with Crippen LogP contribution in [-0.2, 0) is 27.3 Å². The molecule has 0 unspecified atom stereocenters. The van der Waals surface area contributed by atoms with Crippen LogP contribution in [0.4, 0.5) is 0 Å². The number of carbonyl (C=O) groups is 3. The summed E-state index contributed by atoms with van der Waals surface area (Å²) in [4.78, 5) is 39.2. The number of hydrogen-bond acceptors (Lipinski definition) is 8. The van der Waals surface area contributed by atoms with Crippen LogP contribution in [0.3, 0.4) is 0 Å². The molecule has 0 aliphatic carbocycles. The molecule has 1 aromatic carbocycles. The summed E-state index contributed by atoms with van der Waals surface area (Å²) in [6, 6.07) is 8.64. The van der Waals surface area contributed by atoms with E-state index in [1.807, 2.05) is 16.8 Å². The smallest absolute Gasteiger partial charge is 0.306 e. The van der Waals surface area contributed by atoms with E-state index in [1.54, 1.807) is 24.3 Å². The first-order valence-corrected chi connectivity index (χ1v) is 9.83. The number of nitrogens with one attached hydrogen (secondary N) is 1. The maximum Gasteiger partial charge on any atom is 0.306 e. The normalized spacial score (nSPS) is 10.5. The van der Waals surface area contributed by atoms with Gasteiger partial charge in [-0.05, 0) is 17.0 Å². The maximum atomic E-state index is 12.1. The molecule has 0 atom stereocenters. The summed E-state index contributed by atoms with van der Waals surface area (Å²) in [7, 11) is 0. The number of ether oxygens (including phenoxy) is 1. The summed E-state index contributed by atoms with van der Waals surface area (Å²) in [5, 5.41) is 10.4. The molecule has 9 heteroatoms. The molecule has 0 saturated heterocycles. The molecule has 29 heavy (non-hydrogen) atoms. The van der Waals surface area contributed by atoms with Crippen molar-refractivity contribution in [3.8, 4) is 11.4 Å². The van der Waals surface area contributed by atoms with E-state index in [2.05, 4.69) is 15.5 Å². The second kappa shape index (κ2) is 9.74. The van der Waals surface area contributed by atoms with Crippen LogP contribution < -0.4 is 5.32 Å². The van der Waals surface area contributed by atoms with Gasteiger partial charge in [-0.2, -0.15) is 16.3 Å². The summed E-state index contributed by atoms with van der Waals surface area (Å²) >= 11 is 1.53. The van der Waals surface area contributed by atoms with Gasteiger partial charge in [0.1, 0.15) is 0 Å². The van der Waals surface area contributed by atoms with Crippen molar-refractivity contribution < 1.29 is 23.6 Å². The lowest BCUT2D eigenvalue weighted by molar-refractivity contribution is -0.142. The fourth-order valence-corrected chi connectivity index (χ4v) is 3.05. The van der Waals surface area contributed by atoms with Crippen LogP contribution in [0.1, 0.15) is 35.2 Å². The molecular formula is C20H19N3O5S. The molecule has 1 N–H and O–H groups in total. The molecule has 0 fully saturated rings. The fraction of sp³-hybridized carbons (Fsp3) is 0.250. The predicted molar refractivity (Wildman–Crippen MR) is 105 cm³/mol. The Labute approximate surface area is 170 Å². The van der Waals surface area contributed by atoms with Crippen LogP contribution in [0.15, 0.2) is 45.6 Å². The number of ketones is 1. The molecule has 8 nitrogen and oxygen atoms in total. The van der Waals surface area contributed by atoms with Gasteiger partial charge >= 0.3 is 5.97 Å². The predicted octanol–water partition coefficient (Wildman–Crippen LogP) is 2.79. The molecular weight excluding hydrogens is 394 g/mol.